The van der Waals surface area contributed by atoms with Crippen molar-refractivity contribution in [3.8, 4) is 17.2 Å². The molecule has 1 amide bonds. The second kappa shape index (κ2) is 11.0. The molecule has 1 fully saturated rings. The highest BCUT2D eigenvalue weighted by Gasteiger charge is 2.23. The van der Waals surface area contributed by atoms with Crippen LogP contribution >= 0.6 is 0 Å². The van der Waals surface area contributed by atoms with Crippen LogP contribution < -0.4 is 14.2 Å². The van der Waals surface area contributed by atoms with Crippen molar-refractivity contribution in [1.29, 1.82) is 0 Å². The van der Waals surface area contributed by atoms with Crippen molar-refractivity contribution < 1.29 is 19.0 Å². The minimum atomic E-state index is 0.0262. The number of amides is 1. The molecular weight excluding hydrogens is 344 g/mol. The Balaban J connectivity index is 2.26. The van der Waals surface area contributed by atoms with Crippen molar-refractivity contribution in [1.82, 2.24) is 9.80 Å². The predicted octanol–water partition coefficient (Wildman–Crippen LogP) is 3.44. The fourth-order valence-electron chi connectivity index (χ4n) is 3.41. The molecule has 6 nitrogen and oxygen atoms in total. The van der Waals surface area contributed by atoms with Gasteiger partial charge in [0.2, 0.25) is 5.75 Å². The lowest BCUT2D eigenvalue weighted by Gasteiger charge is -2.23. The van der Waals surface area contributed by atoms with Crippen LogP contribution in [-0.2, 0) is 0 Å². The first-order chi connectivity index (χ1) is 13.1. The molecule has 0 saturated carbocycles. The Hall–Kier alpha value is -1.95. The van der Waals surface area contributed by atoms with E-state index in [0.717, 1.165) is 45.6 Å². The van der Waals surface area contributed by atoms with Crippen molar-refractivity contribution in [3.63, 3.8) is 0 Å². The SMILES string of the molecule is CCCN1CCCN(C(=O)c2cc(OCC)c(OCC)c(OCC)c2)CC1. The third-order valence-corrected chi connectivity index (χ3v) is 4.57. The highest BCUT2D eigenvalue weighted by molar-refractivity contribution is 5.95. The molecule has 27 heavy (non-hydrogen) atoms. The highest BCUT2D eigenvalue weighted by atomic mass is 16.5. The summed E-state index contributed by atoms with van der Waals surface area (Å²) < 4.78 is 17.2. The number of ether oxygens (including phenoxy) is 3. The second-order valence-corrected chi connectivity index (χ2v) is 6.59. The van der Waals surface area contributed by atoms with Gasteiger partial charge in [0.1, 0.15) is 0 Å². The number of rotatable bonds is 9. The van der Waals surface area contributed by atoms with Crippen molar-refractivity contribution in [2.45, 2.75) is 40.5 Å². The smallest absolute Gasteiger partial charge is 0.254 e. The van der Waals surface area contributed by atoms with E-state index in [4.69, 9.17) is 14.2 Å². The molecule has 1 aromatic rings. The molecule has 0 N–H and O–H groups in total. The zero-order chi connectivity index (χ0) is 19.6. The van der Waals surface area contributed by atoms with Gasteiger partial charge in [-0.1, -0.05) is 6.92 Å². The van der Waals surface area contributed by atoms with Gasteiger partial charge in [-0.05, 0) is 58.8 Å². The van der Waals surface area contributed by atoms with Gasteiger partial charge in [-0.2, -0.15) is 0 Å². The summed E-state index contributed by atoms with van der Waals surface area (Å²) in [6.45, 7) is 14.0. The van der Waals surface area contributed by atoms with Crippen molar-refractivity contribution in [3.05, 3.63) is 17.7 Å². The summed E-state index contributed by atoms with van der Waals surface area (Å²) >= 11 is 0. The van der Waals surface area contributed by atoms with Gasteiger partial charge in [-0.15, -0.1) is 0 Å². The van der Waals surface area contributed by atoms with Crippen LogP contribution in [0, 0.1) is 0 Å². The zero-order valence-corrected chi connectivity index (χ0v) is 17.3. The van der Waals surface area contributed by atoms with Gasteiger partial charge < -0.3 is 24.0 Å². The average molecular weight is 379 g/mol. The first-order valence-electron chi connectivity index (χ1n) is 10.2. The number of hydrogen-bond acceptors (Lipinski definition) is 5. The van der Waals surface area contributed by atoms with E-state index in [2.05, 4.69) is 11.8 Å². The molecule has 1 saturated heterocycles. The molecule has 152 valence electrons. The number of carbonyl (C=O) groups excluding carboxylic acids is 1. The van der Waals surface area contributed by atoms with Crippen LogP contribution in [0.25, 0.3) is 0 Å². The molecule has 0 aromatic heterocycles. The van der Waals surface area contributed by atoms with Gasteiger partial charge in [0, 0.05) is 25.2 Å². The zero-order valence-electron chi connectivity index (χ0n) is 17.3. The highest BCUT2D eigenvalue weighted by Crippen LogP contribution is 2.39. The van der Waals surface area contributed by atoms with Crippen LogP contribution in [-0.4, -0.2) is 68.3 Å². The summed E-state index contributed by atoms with van der Waals surface area (Å²) in [4.78, 5) is 17.5. The lowest BCUT2D eigenvalue weighted by molar-refractivity contribution is 0.0760. The van der Waals surface area contributed by atoms with E-state index in [1.54, 1.807) is 12.1 Å². The Kier molecular flexibility index (Phi) is 8.72. The van der Waals surface area contributed by atoms with Crippen LogP contribution in [0.4, 0.5) is 0 Å². The van der Waals surface area contributed by atoms with Gasteiger partial charge in [0.15, 0.2) is 11.5 Å². The molecule has 1 aromatic carbocycles. The van der Waals surface area contributed by atoms with Crippen LogP contribution in [0.5, 0.6) is 17.2 Å². The van der Waals surface area contributed by atoms with E-state index in [1.807, 2.05) is 25.7 Å². The van der Waals surface area contributed by atoms with E-state index in [9.17, 15) is 4.79 Å². The van der Waals surface area contributed by atoms with Gasteiger partial charge >= 0.3 is 0 Å². The number of hydrogen-bond donors (Lipinski definition) is 0. The minimum absolute atomic E-state index is 0.0262. The first-order valence-corrected chi connectivity index (χ1v) is 10.2. The average Bonchev–Trinajstić information content (AvgIpc) is 2.90. The van der Waals surface area contributed by atoms with Crippen molar-refractivity contribution >= 4 is 5.91 Å². The molecule has 0 radical (unpaired) electrons. The third-order valence-electron chi connectivity index (χ3n) is 4.57. The first kappa shape index (κ1) is 21.4. The number of carbonyl (C=O) groups is 1. The molecule has 1 heterocycles. The second-order valence-electron chi connectivity index (χ2n) is 6.59. The maximum absolute atomic E-state index is 13.2. The molecule has 6 heteroatoms. The van der Waals surface area contributed by atoms with Crippen molar-refractivity contribution in [2.24, 2.45) is 0 Å². The van der Waals surface area contributed by atoms with Gasteiger partial charge in [-0.25, -0.2) is 0 Å². The molecule has 1 aliphatic rings. The quantitative estimate of drug-likeness (QED) is 0.659. The summed E-state index contributed by atoms with van der Waals surface area (Å²) in [6.07, 6.45) is 2.14. The van der Waals surface area contributed by atoms with Crippen LogP contribution in [0.3, 0.4) is 0 Å². The lowest BCUT2D eigenvalue weighted by Crippen LogP contribution is -2.35. The van der Waals surface area contributed by atoms with Gasteiger partial charge in [0.05, 0.1) is 19.8 Å². The molecule has 1 aliphatic heterocycles. The van der Waals surface area contributed by atoms with E-state index >= 15 is 0 Å². The lowest BCUT2D eigenvalue weighted by atomic mass is 10.1. The van der Waals surface area contributed by atoms with Gasteiger partial charge in [0.25, 0.3) is 5.91 Å². The summed E-state index contributed by atoms with van der Waals surface area (Å²) in [7, 11) is 0. The normalized spacial score (nSPS) is 15.3. The fraction of sp³-hybridized carbons (Fsp3) is 0.667. The maximum atomic E-state index is 13.2. The molecule has 2 rings (SSSR count). The predicted molar refractivity (Wildman–Crippen MR) is 107 cm³/mol. The van der Waals surface area contributed by atoms with Crippen molar-refractivity contribution in [2.75, 3.05) is 52.5 Å². The third kappa shape index (κ3) is 5.76. The Morgan fingerprint density at radius 2 is 1.52 bits per heavy atom. The minimum Gasteiger partial charge on any atom is -0.490 e. The fourth-order valence-corrected chi connectivity index (χ4v) is 3.41. The summed E-state index contributed by atoms with van der Waals surface area (Å²) in [5.41, 5.74) is 0.592. The number of benzene rings is 1. The Bertz CT molecular complexity index is 579. The summed E-state index contributed by atoms with van der Waals surface area (Å²) in [6, 6.07) is 3.57. The summed E-state index contributed by atoms with van der Waals surface area (Å²) in [5, 5.41) is 0. The molecule has 0 atom stereocenters. The van der Waals surface area contributed by atoms with Crippen LogP contribution in [0.15, 0.2) is 12.1 Å². The Labute approximate surface area is 163 Å². The summed E-state index contributed by atoms with van der Waals surface area (Å²) in [5.74, 6) is 1.73. The van der Waals surface area contributed by atoms with E-state index in [0.29, 0.717) is 42.6 Å². The molecular formula is C21H34N2O4. The molecule has 0 aliphatic carbocycles. The molecule has 0 unspecified atom stereocenters. The Morgan fingerprint density at radius 1 is 0.889 bits per heavy atom. The number of nitrogens with zero attached hydrogens (tertiary/aromatic N) is 2. The van der Waals surface area contributed by atoms with E-state index in [1.165, 1.54) is 0 Å². The standard InChI is InChI=1S/C21H34N2O4/c1-5-10-22-11-9-12-23(14-13-22)21(24)17-15-18(25-6-2)20(27-8-4)19(16-17)26-7-3/h15-16H,5-14H2,1-4H3. The van der Waals surface area contributed by atoms with E-state index < -0.39 is 0 Å². The monoisotopic (exact) mass is 378 g/mol. The largest absolute Gasteiger partial charge is 0.490 e. The molecule has 0 bridgehead atoms. The molecule has 0 spiro atoms. The topological polar surface area (TPSA) is 51.2 Å². The van der Waals surface area contributed by atoms with E-state index in [-0.39, 0.29) is 5.91 Å². The Morgan fingerprint density at radius 3 is 2.07 bits per heavy atom. The van der Waals surface area contributed by atoms with Crippen LogP contribution in [0.2, 0.25) is 0 Å². The van der Waals surface area contributed by atoms with Crippen LogP contribution in [0.1, 0.15) is 50.9 Å². The maximum Gasteiger partial charge on any atom is 0.254 e. The van der Waals surface area contributed by atoms with Gasteiger partial charge in [-0.3, -0.25) is 4.79 Å².